The van der Waals surface area contributed by atoms with Gasteiger partial charge >= 0.3 is 11.8 Å². The fourth-order valence-electron chi connectivity index (χ4n) is 3.01. The van der Waals surface area contributed by atoms with Gasteiger partial charge in [0.2, 0.25) is 6.79 Å². The molecule has 0 atom stereocenters. The number of rotatable bonds is 7. The van der Waals surface area contributed by atoms with Crippen molar-refractivity contribution in [1.82, 2.24) is 10.7 Å². The van der Waals surface area contributed by atoms with Crippen LogP contribution in [0.2, 0.25) is 5.02 Å². The molecule has 2 N–H and O–H groups in total. The van der Waals surface area contributed by atoms with E-state index in [0.29, 0.717) is 27.8 Å². The molecule has 2 amide bonds. The maximum atomic E-state index is 12.1. The summed E-state index contributed by atoms with van der Waals surface area (Å²) in [6.07, 6.45) is 1.41. The van der Waals surface area contributed by atoms with Gasteiger partial charge in [-0.25, -0.2) is 5.43 Å². The number of carbonyl (C=O) groups excluding carboxylic acids is 2. The van der Waals surface area contributed by atoms with Crippen molar-refractivity contribution in [2.75, 3.05) is 6.79 Å². The molecule has 8 nitrogen and oxygen atoms in total. The van der Waals surface area contributed by atoms with Crippen LogP contribution in [0.3, 0.4) is 0 Å². The predicted octanol–water partition coefficient (Wildman–Crippen LogP) is 3.41. The van der Waals surface area contributed by atoms with E-state index in [2.05, 4.69) is 15.8 Å². The largest absolute Gasteiger partial charge is 0.488 e. The maximum Gasteiger partial charge on any atom is 0.329 e. The van der Waals surface area contributed by atoms with Gasteiger partial charge in [-0.3, -0.25) is 9.59 Å². The van der Waals surface area contributed by atoms with Gasteiger partial charge in [0.15, 0.2) is 11.5 Å². The number of amides is 2. The maximum absolute atomic E-state index is 12.1. The zero-order valence-corrected chi connectivity index (χ0v) is 18.2. The van der Waals surface area contributed by atoms with Crippen LogP contribution in [0, 0.1) is 0 Å². The molecular formula is C24H20ClN3O5. The van der Waals surface area contributed by atoms with Crippen LogP contribution in [0.1, 0.15) is 16.7 Å². The number of nitrogens with one attached hydrogen (secondary N) is 2. The van der Waals surface area contributed by atoms with Gasteiger partial charge in [-0.15, -0.1) is 0 Å². The smallest absolute Gasteiger partial charge is 0.329 e. The number of hydrazone groups is 1. The number of hydrogen-bond acceptors (Lipinski definition) is 6. The van der Waals surface area contributed by atoms with Gasteiger partial charge in [-0.2, -0.15) is 5.10 Å². The lowest BCUT2D eigenvalue weighted by Crippen LogP contribution is -2.37. The zero-order valence-electron chi connectivity index (χ0n) is 17.4. The molecule has 0 aliphatic carbocycles. The highest BCUT2D eigenvalue weighted by atomic mass is 35.5. The summed E-state index contributed by atoms with van der Waals surface area (Å²) in [5.74, 6) is 0.108. The van der Waals surface area contributed by atoms with Crippen molar-refractivity contribution in [3.8, 4) is 17.2 Å². The lowest BCUT2D eigenvalue weighted by molar-refractivity contribution is -0.139. The van der Waals surface area contributed by atoms with Gasteiger partial charge in [0.05, 0.1) is 6.21 Å². The van der Waals surface area contributed by atoms with Crippen LogP contribution in [0.4, 0.5) is 0 Å². The van der Waals surface area contributed by atoms with Gasteiger partial charge in [-0.05, 0) is 35.9 Å². The first-order valence-electron chi connectivity index (χ1n) is 10.0. The fourth-order valence-corrected chi connectivity index (χ4v) is 3.20. The Hall–Kier alpha value is -4.04. The Balaban J connectivity index is 1.29. The minimum Gasteiger partial charge on any atom is -0.488 e. The molecule has 1 aliphatic heterocycles. The molecule has 0 saturated heterocycles. The van der Waals surface area contributed by atoms with Crippen LogP contribution in [-0.4, -0.2) is 24.8 Å². The Bertz CT molecular complexity index is 1200. The van der Waals surface area contributed by atoms with Crippen LogP contribution in [0.5, 0.6) is 17.2 Å². The van der Waals surface area contributed by atoms with Crippen molar-refractivity contribution in [1.29, 1.82) is 0 Å². The third-order valence-corrected chi connectivity index (χ3v) is 5.09. The standard InChI is InChI=1S/C24H20ClN3O5/c25-19-7-3-1-6-18(19)14-31-20-8-4-2-5-17(20)13-27-28-24(30)23(29)26-12-16-9-10-21-22(11-16)33-15-32-21/h1-11,13H,12,14-15H2,(H,26,29)(H,28,30)/b27-13-. The summed E-state index contributed by atoms with van der Waals surface area (Å²) in [7, 11) is 0. The van der Waals surface area contributed by atoms with Crippen LogP contribution in [-0.2, 0) is 22.7 Å². The summed E-state index contributed by atoms with van der Waals surface area (Å²) < 4.78 is 16.4. The molecule has 3 aromatic rings. The van der Waals surface area contributed by atoms with E-state index in [9.17, 15) is 9.59 Å². The van der Waals surface area contributed by atoms with E-state index in [1.54, 1.807) is 36.4 Å². The molecule has 0 radical (unpaired) electrons. The van der Waals surface area contributed by atoms with Gasteiger partial charge in [-0.1, -0.05) is 48.0 Å². The van der Waals surface area contributed by atoms with Crippen LogP contribution in [0.15, 0.2) is 71.8 Å². The fraction of sp³-hybridized carbons (Fsp3) is 0.125. The summed E-state index contributed by atoms with van der Waals surface area (Å²) in [5, 5.41) is 7.02. The molecule has 9 heteroatoms. The van der Waals surface area contributed by atoms with Crippen molar-refractivity contribution in [3.05, 3.63) is 88.4 Å². The van der Waals surface area contributed by atoms with Crippen molar-refractivity contribution in [2.45, 2.75) is 13.2 Å². The molecule has 0 aromatic heterocycles. The number of nitrogens with zero attached hydrogens (tertiary/aromatic N) is 1. The highest BCUT2D eigenvalue weighted by molar-refractivity contribution is 6.35. The average Bonchev–Trinajstić information content (AvgIpc) is 3.30. The monoisotopic (exact) mass is 465 g/mol. The van der Waals surface area contributed by atoms with Crippen molar-refractivity contribution < 1.29 is 23.8 Å². The van der Waals surface area contributed by atoms with E-state index < -0.39 is 11.8 Å². The highest BCUT2D eigenvalue weighted by Crippen LogP contribution is 2.32. The Morgan fingerprint density at radius 3 is 2.67 bits per heavy atom. The number of carbonyl (C=O) groups is 2. The third kappa shape index (κ3) is 5.81. The van der Waals surface area contributed by atoms with Crippen LogP contribution < -0.4 is 25.0 Å². The quantitative estimate of drug-likeness (QED) is 0.316. The minimum atomic E-state index is -0.888. The Kier molecular flexibility index (Phi) is 7.06. The average molecular weight is 466 g/mol. The molecule has 1 aliphatic rings. The number of fused-ring (bicyclic) bond motifs is 1. The summed E-state index contributed by atoms with van der Waals surface area (Å²) in [5.41, 5.74) is 4.46. The number of para-hydroxylation sites is 1. The van der Waals surface area contributed by atoms with E-state index in [0.717, 1.165) is 11.1 Å². The van der Waals surface area contributed by atoms with E-state index in [1.807, 2.05) is 30.3 Å². The zero-order chi connectivity index (χ0) is 23.0. The molecule has 0 spiro atoms. The SMILES string of the molecule is O=C(NCc1ccc2c(c1)OCO2)C(=O)N/N=C\c1ccccc1OCc1ccccc1Cl. The molecule has 1 heterocycles. The first-order chi connectivity index (χ1) is 16.1. The molecular weight excluding hydrogens is 446 g/mol. The van der Waals surface area contributed by atoms with Crippen molar-refractivity contribution in [3.63, 3.8) is 0 Å². The van der Waals surface area contributed by atoms with E-state index in [4.69, 9.17) is 25.8 Å². The normalized spacial score (nSPS) is 11.9. The van der Waals surface area contributed by atoms with E-state index in [1.165, 1.54) is 6.21 Å². The Labute approximate surface area is 195 Å². The number of hydrogen-bond donors (Lipinski definition) is 2. The van der Waals surface area contributed by atoms with E-state index in [-0.39, 0.29) is 19.9 Å². The van der Waals surface area contributed by atoms with Crippen LogP contribution in [0.25, 0.3) is 0 Å². The Morgan fingerprint density at radius 1 is 1.00 bits per heavy atom. The number of benzene rings is 3. The van der Waals surface area contributed by atoms with E-state index >= 15 is 0 Å². The summed E-state index contributed by atoms with van der Waals surface area (Å²) in [6, 6.07) is 19.9. The summed E-state index contributed by atoms with van der Waals surface area (Å²) in [4.78, 5) is 24.1. The highest BCUT2D eigenvalue weighted by Gasteiger charge is 2.15. The Morgan fingerprint density at radius 2 is 1.79 bits per heavy atom. The first kappa shape index (κ1) is 22.2. The molecule has 4 rings (SSSR count). The predicted molar refractivity (Wildman–Crippen MR) is 122 cm³/mol. The minimum absolute atomic E-state index is 0.158. The number of ether oxygens (including phenoxy) is 3. The van der Waals surface area contributed by atoms with Crippen LogP contribution >= 0.6 is 11.6 Å². The molecule has 0 saturated carbocycles. The third-order valence-electron chi connectivity index (χ3n) is 4.73. The molecule has 0 fully saturated rings. The topological polar surface area (TPSA) is 98.2 Å². The molecule has 168 valence electrons. The second-order valence-electron chi connectivity index (χ2n) is 6.99. The molecule has 33 heavy (non-hydrogen) atoms. The second kappa shape index (κ2) is 10.5. The lowest BCUT2D eigenvalue weighted by Gasteiger charge is -2.10. The molecule has 0 unspecified atom stereocenters. The molecule has 3 aromatic carbocycles. The van der Waals surface area contributed by atoms with Gasteiger partial charge < -0.3 is 19.5 Å². The second-order valence-corrected chi connectivity index (χ2v) is 7.39. The van der Waals surface area contributed by atoms with Gasteiger partial charge in [0.1, 0.15) is 12.4 Å². The first-order valence-corrected chi connectivity index (χ1v) is 10.4. The lowest BCUT2D eigenvalue weighted by atomic mass is 10.2. The van der Waals surface area contributed by atoms with Gasteiger partial charge in [0, 0.05) is 22.7 Å². The summed E-state index contributed by atoms with van der Waals surface area (Å²) in [6.45, 7) is 0.601. The molecule has 0 bridgehead atoms. The van der Waals surface area contributed by atoms with Gasteiger partial charge in [0.25, 0.3) is 0 Å². The van der Waals surface area contributed by atoms with Crippen molar-refractivity contribution >= 4 is 29.6 Å². The summed E-state index contributed by atoms with van der Waals surface area (Å²) >= 11 is 6.16. The number of halogens is 1. The van der Waals surface area contributed by atoms with Crippen molar-refractivity contribution in [2.24, 2.45) is 5.10 Å².